The molecule has 2 unspecified atom stereocenters. The van der Waals surface area contributed by atoms with Crippen LogP contribution in [0.1, 0.15) is 33.3 Å². The zero-order valence-electron chi connectivity index (χ0n) is 12.5. The van der Waals surface area contributed by atoms with Crippen LogP contribution >= 0.6 is 0 Å². The first-order valence-corrected chi connectivity index (χ1v) is 7.02. The summed E-state index contributed by atoms with van der Waals surface area (Å²) in [6, 6.07) is 9.98. The predicted molar refractivity (Wildman–Crippen MR) is 79.2 cm³/mol. The summed E-state index contributed by atoms with van der Waals surface area (Å²) in [7, 11) is 0. The maximum atomic E-state index is 11.6. The van der Waals surface area contributed by atoms with Gasteiger partial charge in [0.2, 0.25) is 0 Å². The van der Waals surface area contributed by atoms with Crippen molar-refractivity contribution in [2.75, 3.05) is 0 Å². The number of hydrogen-bond donors (Lipinski definition) is 0. The molecule has 0 N–H and O–H groups in total. The molecule has 20 heavy (non-hydrogen) atoms. The van der Waals surface area contributed by atoms with E-state index in [1.54, 1.807) is 0 Å². The average molecular weight is 274 g/mol. The summed E-state index contributed by atoms with van der Waals surface area (Å²) in [5.41, 5.74) is 0.833. The van der Waals surface area contributed by atoms with Crippen LogP contribution in [0.5, 0.6) is 0 Å². The van der Waals surface area contributed by atoms with Gasteiger partial charge in [0.1, 0.15) is 12.2 Å². The van der Waals surface area contributed by atoms with Crippen molar-refractivity contribution in [3.05, 3.63) is 42.0 Å². The van der Waals surface area contributed by atoms with Gasteiger partial charge in [0, 0.05) is 5.41 Å². The number of benzene rings is 1. The number of hydrogen-bond acceptors (Lipinski definition) is 3. The molecule has 0 saturated carbocycles. The van der Waals surface area contributed by atoms with Crippen molar-refractivity contribution in [3.8, 4) is 0 Å². The second-order valence-corrected chi connectivity index (χ2v) is 6.16. The molecule has 2 atom stereocenters. The fraction of sp³-hybridized carbons (Fsp3) is 0.471. The van der Waals surface area contributed by atoms with Crippen LogP contribution < -0.4 is 0 Å². The van der Waals surface area contributed by atoms with Crippen LogP contribution in [0.15, 0.2) is 36.4 Å². The molecule has 108 valence electrons. The quantitative estimate of drug-likeness (QED) is 0.771. The van der Waals surface area contributed by atoms with E-state index in [1.165, 1.54) is 0 Å². The molecule has 1 aromatic carbocycles. The van der Waals surface area contributed by atoms with Crippen molar-refractivity contribution < 1.29 is 14.3 Å². The lowest BCUT2D eigenvalue weighted by Gasteiger charge is -2.43. The SMILES string of the molecule is CC(C)C1OC(=O)OC(C=Cc2ccccc2)C1(C)C. The van der Waals surface area contributed by atoms with Gasteiger partial charge in [0.05, 0.1) is 0 Å². The molecule has 1 saturated heterocycles. The van der Waals surface area contributed by atoms with Crippen LogP contribution in [0.2, 0.25) is 0 Å². The van der Waals surface area contributed by atoms with E-state index in [0.29, 0.717) is 0 Å². The minimum Gasteiger partial charge on any atom is -0.430 e. The normalized spacial score (nSPS) is 25.6. The molecule has 1 aliphatic heterocycles. The number of rotatable bonds is 3. The van der Waals surface area contributed by atoms with Crippen LogP contribution in [0, 0.1) is 11.3 Å². The van der Waals surface area contributed by atoms with Crippen molar-refractivity contribution >= 4 is 12.2 Å². The summed E-state index contributed by atoms with van der Waals surface area (Å²) in [4.78, 5) is 11.6. The Labute approximate surface area is 120 Å². The van der Waals surface area contributed by atoms with E-state index in [9.17, 15) is 4.79 Å². The van der Waals surface area contributed by atoms with Gasteiger partial charge in [0.15, 0.2) is 0 Å². The molecular formula is C17H22O3. The van der Waals surface area contributed by atoms with E-state index in [1.807, 2.05) is 42.5 Å². The van der Waals surface area contributed by atoms with Gasteiger partial charge in [-0.05, 0) is 17.6 Å². The summed E-state index contributed by atoms with van der Waals surface area (Å²) in [6.45, 7) is 8.26. The Hall–Kier alpha value is -1.77. The minimum atomic E-state index is -0.578. The smallest absolute Gasteiger partial charge is 0.430 e. The van der Waals surface area contributed by atoms with Crippen molar-refractivity contribution in [2.45, 2.75) is 39.9 Å². The lowest BCUT2D eigenvalue weighted by molar-refractivity contribution is -0.137. The van der Waals surface area contributed by atoms with E-state index >= 15 is 0 Å². The Balaban J connectivity index is 2.21. The lowest BCUT2D eigenvalue weighted by Crippen LogP contribution is -2.51. The van der Waals surface area contributed by atoms with Gasteiger partial charge in [-0.2, -0.15) is 0 Å². The highest BCUT2D eigenvalue weighted by atomic mass is 16.7. The molecule has 0 aliphatic carbocycles. The maximum absolute atomic E-state index is 11.6. The minimum absolute atomic E-state index is 0.144. The van der Waals surface area contributed by atoms with Gasteiger partial charge >= 0.3 is 6.16 Å². The van der Waals surface area contributed by atoms with Gasteiger partial charge in [0.25, 0.3) is 0 Å². The highest BCUT2D eigenvalue weighted by Gasteiger charge is 2.47. The number of carbonyl (C=O) groups is 1. The van der Waals surface area contributed by atoms with Crippen LogP contribution in [0.25, 0.3) is 6.08 Å². The molecule has 3 nitrogen and oxygen atoms in total. The second kappa shape index (κ2) is 5.70. The Bertz CT molecular complexity index is 488. The molecule has 0 spiro atoms. The molecule has 2 rings (SSSR count). The van der Waals surface area contributed by atoms with Crippen molar-refractivity contribution in [1.29, 1.82) is 0 Å². The van der Waals surface area contributed by atoms with Crippen LogP contribution in [0.3, 0.4) is 0 Å². The molecule has 0 aromatic heterocycles. The lowest BCUT2D eigenvalue weighted by atomic mass is 9.75. The van der Waals surface area contributed by atoms with Gasteiger partial charge in [-0.15, -0.1) is 0 Å². The summed E-state index contributed by atoms with van der Waals surface area (Å²) >= 11 is 0. The molecule has 0 amide bonds. The third-order valence-corrected chi connectivity index (χ3v) is 3.78. The van der Waals surface area contributed by atoms with E-state index in [4.69, 9.17) is 9.47 Å². The molecule has 1 heterocycles. The topological polar surface area (TPSA) is 35.5 Å². The van der Waals surface area contributed by atoms with E-state index < -0.39 is 6.16 Å². The molecule has 0 radical (unpaired) electrons. The first-order valence-electron chi connectivity index (χ1n) is 7.02. The Morgan fingerprint density at radius 3 is 2.40 bits per heavy atom. The average Bonchev–Trinajstić information content (AvgIpc) is 2.40. The Kier molecular flexibility index (Phi) is 4.17. The van der Waals surface area contributed by atoms with Crippen LogP contribution in [0.4, 0.5) is 4.79 Å². The predicted octanol–water partition coefficient (Wildman–Crippen LogP) is 4.29. The summed E-state index contributed by atoms with van der Waals surface area (Å²) < 4.78 is 10.7. The number of cyclic esters (lactones) is 2. The van der Waals surface area contributed by atoms with Crippen molar-refractivity contribution in [3.63, 3.8) is 0 Å². The molecule has 1 aliphatic rings. The summed E-state index contributed by atoms with van der Waals surface area (Å²) in [6.07, 6.45) is 2.93. The molecule has 1 aromatic rings. The third kappa shape index (κ3) is 3.03. The zero-order chi connectivity index (χ0) is 14.8. The summed E-state index contributed by atoms with van der Waals surface area (Å²) in [5.74, 6) is 0.255. The Morgan fingerprint density at radius 1 is 1.15 bits per heavy atom. The first-order chi connectivity index (χ1) is 9.41. The first kappa shape index (κ1) is 14.6. The highest BCUT2D eigenvalue weighted by Crippen LogP contribution is 2.38. The number of ether oxygens (including phenoxy) is 2. The van der Waals surface area contributed by atoms with Crippen LogP contribution in [-0.4, -0.2) is 18.4 Å². The fourth-order valence-electron chi connectivity index (χ4n) is 2.75. The second-order valence-electron chi connectivity index (χ2n) is 6.16. The largest absolute Gasteiger partial charge is 0.509 e. The molecule has 1 fully saturated rings. The molecular weight excluding hydrogens is 252 g/mol. The molecule has 3 heteroatoms. The van der Waals surface area contributed by atoms with Gasteiger partial charge in [-0.1, -0.05) is 64.1 Å². The fourth-order valence-corrected chi connectivity index (χ4v) is 2.75. The third-order valence-electron chi connectivity index (χ3n) is 3.78. The monoisotopic (exact) mass is 274 g/mol. The van der Waals surface area contributed by atoms with Gasteiger partial charge in [-0.3, -0.25) is 0 Å². The molecule has 0 bridgehead atoms. The number of carbonyl (C=O) groups excluding carboxylic acids is 1. The summed E-state index contributed by atoms with van der Waals surface area (Å²) in [5, 5.41) is 0. The Morgan fingerprint density at radius 2 is 1.80 bits per heavy atom. The van der Waals surface area contributed by atoms with Crippen molar-refractivity contribution in [2.24, 2.45) is 11.3 Å². The van der Waals surface area contributed by atoms with Crippen LogP contribution in [-0.2, 0) is 9.47 Å². The highest BCUT2D eigenvalue weighted by molar-refractivity contribution is 5.62. The standard InChI is InChI=1S/C17H22O3/c1-12(2)15-17(3,4)14(19-16(18)20-15)11-10-13-8-6-5-7-9-13/h5-12,14-15H,1-4H3. The van der Waals surface area contributed by atoms with Gasteiger partial charge < -0.3 is 9.47 Å². The van der Waals surface area contributed by atoms with E-state index in [2.05, 4.69) is 27.7 Å². The zero-order valence-corrected chi connectivity index (χ0v) is 12.5. The van der Waals surface area contributed by atoms with Crippen molar-refractivity contribution in [1.82, 2.24) is 0 Å². The van der Waals surface area contributed by atoms with E-state index in [-0.39, 0.29) is 23.5 Å². The maximum Gasteiger partial charge on any atom is 0.509 e. The van der Waals surface area contributed by atoms with Gasteiger partial charge in [-0.25, -0.2) is 4.79 Å². The van der Waals surface area contributed by atoms with E-state index in [0.717, 1.165) is 5.56 Å².